The van der Waals surface area contributed by atoms with Crippen molar-refractivity contribution in [1.29, 1.82) is 0 Å². The van der Waals surface area contributed by atoms with Gasteiger partial charge in [-0.3, -0.25) is 4.18 Å². The van der Waals surface area contributed by atoms with Crippen molar-refractivity contribution < 1.29 is 12.6 Å². The van der Waals surface area contributed by atoms with Crippen LogP contribution in [0, 0.1) is 18.4 Å². The third-order valence-electron chi connectivity index (χ3n) is 4.52. The van der Waals surface area contributed by atoms with Gasteiger partial charge in [-0.05, 0) is 36.9 Å². The minimum absolute atomic E-state index is 0.206. The van der Waals surface area contributed by atoms with Gasteiger partial charge in [0.15, 0.2) is 0 Å². The van der Waals surface area contributed by atoms with E-state index in [4.69, 9.17) is 4.18 Å². The second-order valence-corrected chi connectivity index (χ2v) is 14.3. The molecule has 0 bridgehead atoms. The Morgan fingerprint density at radius 2 is 1.67 bits per heavy atom. The summed E-state index contributed by atoms with van der Waals surface area (Å²) in [6.45, 7) is 13.4. The summed E-state index contributed by atoms with van der Waals surface area (Å²) in [7, 11) is -5.18. The van der Waals surface area contributed by atoms with E-state index in [9.17, 15) is 8.42 Å². The zero-order valence-electron chi connectivity index (χ0n) is 15.8. The largest absolute Gasteiger partial charge is 0.296 e. The summed E-state index contributed by atoms with van der Waals surface area (Å²) in [5.41, 5.74) is 4.49. The molecule has 0 saturated carbocycles. The molecule has 3 nitrogen and oxygen atoms in total. The van der Waals surface area contributed by atoms with Crippen molar-refractivity contribution in [2.24, 2.45) is 0 Å². The third-order valence-corrected chi connectivity index (χ3v) is 10.4. The highest BCUT2D eigenvalue weighted by molar-refractivity contribution is 7.86. The Labute approximate surface area is 149 Å². The first-order chi connectivity index (χ1) is 11.0. The summed E-state index contributed by atoms with van der Waals surface area (Å²) >= 11 is 0. The molecule has 0 N–H and O–H groups in total. The molecule has 0 aliphatic rings. The van der Waals surface area contributed by atoms with Crippen molar-refractivity contribution in [3.63, 3.8) is 0 Å². The second-order valence-electron chi connectivity index (χ2n) is 7.72. The van der Waals surface area contributed by atoms with Gasteiger partial charge in [0.05, 0.1) is 11.5 Å². The molecule has 0 atom stereocenters. The summed E-state index contributed by atoms with van der Waals surface area (Å²) < 4.78 is 29.1. The first kappa shape index (κ1) is 21.0. The molecule has 0 spiro atoms. The summed E-state index contributed by atoms with van der Waals surface area (Å²) in [4.78, 5) is 0.214. The van der Waals surface area contributed by atoms with E-state index in [2.05, 4.69) is 45.3 Å². The molecule has 0 aliphatic carbocycles. The van der Waals surface area contributed by atoms with Gasteiger partial charge in [-0.2, -0.15) is 8.42 Å². The number of benzene rings is 1. The molecule has 0 aromatic heterocycles. The van der Waals surface area contributed by atoms with Crippen molar-refractivity contribution >= 4 is 18.2 Å². The Bertz CT molecular complexity index is 687. The lowest BCUT2D eigenvalue weighted by molar-refractivity contribution is 0.309. The minimum Gasteiger partial charge on any atom is -0.266 e. The van der Waals surface area contributed by atoms with Gasteiger partial charge in [-0.15, -0.1) is 11.5 Å². The van der Waals surface area contributed by atoms with E-state index in [-0.39, 0.29) is 16.5 Å². The van der Waals surface area contributed by atoms with Crippen LogP contribution in [0.15, 0.2) is 29.2 Å². The lowest BCUT2D eigenvalue weighted by atomic mass is 10.2. The highest BCUT2D eigenvalue weighted by Crippen LogP contribution is 2.35. The first-order valence-electron chi connectivity index (χ1n) is 8.42. The molecule has 1 rings (SSSR count). The standard InChI is InChI=1S/C19H30O3SSi/c1-17-11-13-18(14-12-17)23(20,21)22-15-9-7-8-10-16-24(5,6)19(2,3)4/h11-14H,7-9,15H2,1-6H3. The van der Waals surface area contributed by atoms with Crippen LogP contribution >= 0.6 is 0 Å². The SMILES string of the molecule is Cc1ccc(S(=O)(=O)OCCCCC#C[Si](C)(C)C(C)(C)C)cc1. The van der Waals surface area contributed by atoms with Crippen LogP contribution in [0.3, 0.4) is 0 Å². The molecule has 0 aliphatic heterocycles. The molecule has 1 aromatic carbocycles. The van der Waals surface area contributed by atoms with Crippen LogP contribution in [0.5, 0.6) is 0 Å². The highest BCUT2D eigenvalue weighted by Gasteiger charge is 2.33. The van der Waals surface area contributed by atoms with Crippen molar-refractivity contribution in [1.82, 2.24) is 0 Å². The van der Waals surface area contributed by atoms with Gasteiger partial charge in [0.2, 0.25) is 0 Å². The second kappa shape index (κ2) is 8.33. The monoisotopic (exact) mass is 366 g/mol. The Hall–Kier alpha value is -1.09. The van der Waals surface area contributed by atoms with Crippen LogP contribution in [0.1, 0.15) is 45.6 Å². The predicted molar refractivity (Wildman–Crippen MR) is 103 cm³/mol. The number of aryl methyl sites for hydroxylation is 1. The Morgan fingerprint density at radius 3 is 2.21 bits per heavy atom. The van der Waals surface area contributed by atoms with Crippen LogP contribution in [-0.4, -0.2) is 23.1 Å². The number of rotatable bonds is 6. The van der Waals surface area contributed by atoms with Crippen LogP contribution in [0.4, 0.5) is 0 Å². The average Bonchev–Trinajstić information content (AvgIpc) is 2.45. The fourth-order valence-corrected chi connectivity index (χ4v) is 3.61. The van der Waals surface area contributed by atoms with Crippen molar-refractivity contribution in [3.05, 3.63) is 29.8 Å². The van der Waals surface area contributed by atoms with Gasteiger partial charge < -0.3 is 0 Å². The maximum Gasteiger partial charge on any atom is 0.296 e. The molecule has 0 amide bonds. The first-order valence-corrected chi connectivity index (χ1v) is 12.8. The van der Waals surface area contributed by atoms with E-state index in [0.717, 1.165) is 18.4 Å². The lowest BCUT2D eigenvalue weighted by Gasteiger charge is -2.31. The van der Waals surface area contributed by atoms with Gasteiger partial charge in [-0.25, -0.2) is 0 Å². The molecule has 0 radical (unpaired) electrons. The maximum atomic E-state index is 12.0. The molecule has 134 valence electrons. The van der Waals surface area contributed by atoms with Crippen LogP contribution in [-0.2, 0) is 14.3 Å². The quantitative estimate of drug-likeness (QED) is 0.310. The molecular formula is C19H30O3SSi. The van der Waals surface area contributed by atoms with Crippen molar-refractivity contribution in [3.8, 4) is 11.5 Å². The van der Waals surface area contributed by atoms with E-state index in [1.807, 2.05) is 6.92 Å². The normalized spacial score (nSPS) is 12.6. The number of unbranched alkanes of at least 4 members (excludes halogenated alkanes) is 2. The molecule has 0 saturated heterocycles. The van der Waals surface area contributed by atoms with Crippen LogP contribution in [0.25, 0.3) is 0 Å². The molecule has 1 aromatic rings. The van der Waals surface area contributed by atoms with Gasteiger partial charge in [0.1, 0.15) is 8.07 Å². The molecule has 0 unspecified atom stereocenters. The minimum atomic E-state index is -3.64. The van der Waals surface area contributed by atoms with E-state index in [1.165, 1.54) is 0 Å². The summed E-state index contributed by atoms with van der Waals surface area (Å²) in [6.07, 6.45) is 2.34. The smallest absolute Gasteiger partial charge is 0.266 e. The topological polar surface area (TPSA) is 43.4 Å². The van der Waals surface area contributed by atoms with Gasteiger partial charge in [0, 0.05) is 6.42 Å². The van der Waals surface area contributed by atoms with Crippen molar-refractivity contribution in [2.45, 2.75) is 70.0 Å². The lowest BCUT2D eigenvalue weighted by Crippen LogP contribution is -2.35. The van der Waals surface area contributed by atoms with Gasteiger partial charge in [0.25, 0.3) is 10.1 Å². The van der Waals surface area contributed by atoms with Gasteiger partial charge >= 0.3 is 0 Å². The van der Waals surface area contributed by atoms with E-state index < -0.39 is 18.2 Å². The fourth-order valence-electron chi connectivity index (χ4n) is 1.73. The van der Waals surface area contributed by atoms with E-state index in [0.29, 0.717) is 6.42 Å². The summed E-state index contributed by atoms with van der Waals surface area (Å²) in [5, 5.41) is 0.269. The van der Waals surface area contributed by atoms with Crippen LogP contribution < -0.4 is 0 Å². The summed E-state index contributed by atoms with van der Waals surface area (Å²) in [6, 6.07) is 6.70. The predicted octanol–water partition coefficient (Wildman–Crippen LogP) is 4.92. The Morgan fingerprint density at radius 1 is 1.08 bits per heavy atom. The average molecular weight is 367 g/mol. The maximum absolute atomic E-state index is 12.0. The number of hydrogen-bond donors (Lipinski definition) is 0. The zero-order chi connectivity index (χ0) is 18.4. The van der Waals surface area contributed by atoms with Gasteiger partial charge in [-0.1, -0.05) is 51.6 Å². The van der Waals surface area contributed by atoms with Crippen LogP contribution in [0.2, 0.25) is 18.1 Å². The molecule has 24 heavy (non-hydrogen) atoms. The highest BCUT2D eigenvalue weighted by atomic mass is 32.2. The number of hydrogen-bond acceptors (Lipinski definition) is 3. The molecule has 0 fully saturated rings. The molecule has 0 heterocycles. The van der Waals surface area contributed by atoms with E-state index in [1.54, 1.807) is 24.3 Å². The third kappa shape index (κ3) is 6.43. The molecular weight excluding hydrogens is 336 g/mol. The molecule has 5 heteroatoms. The Kier molecular flexibility index (Phi) is 7.27. The zero-order valence-corrected chi connectivity index (χ0v) is 17.6. The fraction of sp³-hybridized carbons (Fsp3) is 0.579. The van der Waals surface area contributed by atoms with E-state index >= 15 is 0 Å². The Balaban J connectivity index is 2.39. The van der Waals surface area contributed by atoms with Crippen molar-refractivity contribution in [2.75, 3.05) is 6.61 Å². The summed E-state index contributed by atoms with van der Waals surface area (Å²) in [5.74, 6) is 3.27.